The van der Waals surface area contributed by atoms with E-state index >= 15 is 0 Å². The number of nitrogens with zero attached hydrogens (tertiary/aromatic N) is 1. The number of nitrogens with one attached hydrogen (secondary N) is 1. The van der Waals surface area contributed by atoms with Crippen LogP contribution in [-0.2, 0) is 14.6 Å². The van der Waals surface area contributed by atoms with Gasteiger partial charge >= 0.3 is 0 Å². The van der Waals surface area contributed by atoms with Gasteiger partial charge in [-0.2, -0.15) is 0 Å². The maximum atomic E-state index is 11.7. The maximum absolute atomic E-state index is 11.7. The standard InChI is InChI=1S/C10H14N2O3S2/c1-17(14,15)6-4-12-9(13)7-11-10(12)8-3-2-5-16-8/h2-3,5,10-11H,4,6-7H2,1H3. The molecule has 1 N–H and O–H groups in total. The maximum Gasteiger partial charge on any atom is 0.238 e. The Bertz CT molecular complexity index is 496. The van der Waals surface area contributed by atoms with Crippen molar-refractivity contribution in [3.05, 3.63) is 22.4 Å². The van der Waals surface area contributed by atoms with Crippen molar-refractivity contribution in [3.63, 3.8) is 0 Å². The molecule has 0 spiro atoms. The lowest BCUT2D eigenvalue weighted by molar-refractivity contribution is -0.127. The molecule has 1 aliphatic rings. The summed E-state index contributed by atoms with van der Waals surface area (Å²) in [6.45, 7) is 0.513. The molecule has 2 rings (SSSR count). The third-order valence-corrected chi connectivity index (χ3v) is 4.44. The molecule has 0 bridgehead atoms. The Labute approximate surface area is 104 Å². The van der Waals surface area contributed by atoms with Crippen LogP contribution >= 0.6 is 11.3 Å². The number of amides is 1. The Morgan fingerprint density at radius 2 is 2.35 bits per heavy atom. The normalized spacial score (nSPS) is 21.1. The summed E-state index contributed by atoms with van der Waals surface area (Å²) in [5, 5.41) is 5.03. The van der Waals surface area contributed by atoms with Gasteiger partial charge in [-0.3, -0.25) is 10.1 Å². The molecule has 1 amide bonds. The summed E-state index contributed by atoms with van der Waals surface area (Å²) in [4.78, 5) is 14.3. The molecule has 1 saturated heterocycles. The van der Waals surface area contributed by atoms with E-state index in [0.717, 1.165) is 4.88 Å². The fraction of sp³-hybridized carbons (Fsp3) is 0.500. The molecule has 1 fully saturated rings. The minimum Gasteiger partial charge on any atom is -0.320 e. The van der Waals surface area contributed by atoms with Gasteiger partial charge in [-0.25, -0.2) is 8.42 Å². The lowest BCUT2D eigenvalue weighted by Gasteiger charge is -2.22. The van der Waals surface area contributed by atoms with Gasteiger partial charge in [-0.15, -0.1) is 11.3 Å². The molecule has 1 aromatic rings. The fourth-order valence-electron chi connectivity index (χ4n) is 1.76. The number of carbonyl (C=O) groups is 1. The van der Waals surface area contributed by atoms with Crippen LogP contribution in [0.5, 0.6) is 0 Å². The molecule has 0 aromatic carbocycles. The van der Waals surface area contributed by atoms with Gasteiger partial charge in [0.1, 0.15) is 16.0 Å². The number of hydrogen-bond donors (Lipinski definition) is 1. The quantitative estimate of drug-likeness (QED) is 0.853. The topological polar surface area (TPSA) is 66.5 Å². The molecule has 0 aliphatic carbocycles. The molecule has 7 heteroatoms. The van der Waals surface area contributed by atoms with E-state index in [9.17, 15) is 13.2 Å². The van der Waals surface area contributed by atoms with Gasteiger partial charge in [0.2, 0.25) is 5.91 Å². The average molecular weight is 274 g/mol. The average Bonchev–Trinajstić information content (AvgIpc) is 2.82. The van der Waals surface area contributed by atoms with Crippen LogP contribution in [0.3, 0.4) is 0 Å². The summed E-state index contributed by atoms with van der Waals surface area (Å²) >= 11 is 1.55. The van der Waals surface area contributed by atoms with Crippen molar-refractivity contribution in [2.45, 2.75) is 6.17 Å². The van der Waals surface area contributed by atoms with Gasteiger partial charge in [-0.1, -0.05) is 6.07 Å². The minimum atomic E-state index is -3.05. The number of hydrogen-bond acceptors (Lipinski definition) is 5. The molecular weight excluding hydrogens is 260 g/mol. The van der Waals surface area contributed by atoms with E-state index < -0.39 is 9.84 Å². The molecule has 1 aliphatic heterocycles. The molecule has 1 unspecified atom stereocenters. The third-order valence-electron chi connectivity index (χ3n) is 2.59. The first-order chi connectivity index (χ1) is 7.97. The van der Waals surface area contributed by atoms with E-state index in [4.69, 9.17) is 0 Å². The molecule has 1 aromatic heterocycles. The fourth-order valence-corrected chi connectivity index (χ4v) is 3.10. The van der Waals surface area contributed by atoms with Crippen LogP contribution in [0, 0.1) is 0 Å². The Balaban J connectivity index is 2.10. The Morgan fingerprint density at radius 1 is 1.59 bits per heavy atom. The predicted octanol–water partition coefficient (Wildman–Crippen LogP) is 0.223. The van der Waals surface area contributed by atoms with Crippen LogP contribution in [0.4, 0.5) is 0 Å². The van der Waals surface area contributed by atoms with E-state index in [-0.39, 0.29) is 30.9 Å². The van der Waals surface area contributed by atoms with Crippen molar-refractivity contribution in [3.8, 4) is 0 Å². The van der Waals surface area contributed by atoms with E-state index in [0.29, 0.717) is 0 Å². The summed E-state index contributed by atoms with van der Waals surface area (Å²) in [5.74, 6) is -0.0468. The molecule has 2 heterocycles. The molecule has 0 radical (unpaired) electrons. The summed E-state index contributed by atoms with van der Waals surface area (Å²) < 4.78 is 22.3. The highest BCUT2D eigenvalue weighted by Crippen LogP contribution is 2.25. The smallest absolute Gasteiger partial charge is 0.238 e. The van der Waals surface area contributed by atoms with Crippen molar-refractivity contribution >= 4 is 27.1 Å². The van der Waals surface area contributed by atoms with Gasteiger partial charge in [0.25, 0.3) is 0 Å². The van der Waals surface area contributed by atoms with Crippen molar-refractivity contribution in [1.29, 1.82) is 0 Å². The van der Waals surface area contributed by atoms with E-state index in [1.54, 1.807) is 16.2 Å². The zero-order valence-electron chi connectivity index (χ0n) is 9.42. The second-order valence-electron chi connectivity index (χ2n) is 4.02. The first-order valence-corrected chi connectivity index (χ1v) is 8.15. The SMILES string of the molecule is CS(=O)(=O)CCN1C(=O)CNC1c1cccs1. The zero-order valence-corrected chi connectivity index (χ0v) is 11.1. The van der Waals surface area contributed by atoms with Gasteiger partial charge in [0.05, 0.1) is 12.3 Å². The highest BCUT2D eigenvalue weighted by molar-refractivity contribution is 7.90. The van der Waals surface area contributed by atoms with E-state index in [2.05, 4.69) is 5.32 Å². The van der Waals surface area contributed by atoms with Gasteiger partial charge in [-0.05, 0) is 11.4 Å². The van der Waals surface area contributed by atoms with Crippen molar-refractivity contribution in [1.82, 2.24) is 10.2 Å². The Hall–Kier alpha value is -0.920. The lowest BCUT2D eigenvalue weighted by atomic mass is 10.3. The van der Waals surface area contributed by atoms with Crippen LogP contribution in [0.2, 0.25) is 0 Å². The molecule has 5 nitrogen and oxygen atoms in total. The third kappa shape index (κ3) is 3.05. The number of thiophene rings is 1. The van der Waals surface area contributed by atoms with Crippen LogP contribution < -0.4 is 5.32 Å². The minimum absolute atomic E-state index is 0.00228. The number of sulfone groups is 1. The largest absolute Gasteiger partial charge is 0.320 e. The molecular formula is C10H14N2O3S2. The highest BCUT2D eigenvalue weighted by Gasteiger charge is 2.32. The number of carbonyl (C=O) groups excluding carboxylic acids is 1. The van der Waals surface area contributed by atoms with Crippen molar-refractivity contribution in [2.24, 2.45) is 0 Å². The second kappa shape index (κ2) is 4.75. The van der Waals surface area contributed by atoms with Crippen molar-refractivity contribution in [2.75, 3.05) is 25.1 Å². The monoisotopic (exact) mass is 274 g/mol. The van der Waals surface area contributed by atoms with Gasteiger partial charge in [0, 0.05) is 17.7 Å². The summed E-state index contributed by atoms with van der Waals surface area (Å²) in [6, 6.07) is 3.85. The van der Waals surface area contributed by atoms with Gasteiger partial charge in [0.15, 0.2) is 0 Å². The summed E-state index contributed by atoms with van der Waals surface area (Å²) in [7, 11) is -3.05. The van der Waals surface area contributed by atoms with E-state index in [1.807, 2.05) is 17.5 Å². The summed E-state index contributed by atoms with van der Waals surface area (Å²) in [6.07, 6.45) is 1.01. The van der Waals surface area contributed by atoms with E-state index in [1.165, 1.54) is 6.26 Å². The van der Waals surface area contributed by atoms with Crippen LogP contribution in [-0.4, -0.2) is 44.3 Å². The van der Waals surface area contributed by atoms with Gasteiger partial charge < -0.3 is 4.90 Å². The second-order valence-corrected chi connectivity index (χ2v) is 7.25. The Kier molecular flexibility index (Phi) is 3.50. The number of rotatable bonds is 4. The van der Waals surface area contributed by atoms with Crippen LogP contribution in [0.1, 0.15) is 11.0 Å². The molecule has 1 atom stereocenters. The first kappa shape index (κ1) is 12.5. The first-order valence-electron chi connectivity index (χ1n) is 5.21. The Morgan fingerprint density at radius 3 is 2.94 bits per heavy atom. The van der Waals surface area contributed by atoms with Crippen molar-refractivity contribution < 1.29 is 13.2 Å². The predicted molar refractivity (Wildman–Crippen MR) is 66.5 cm³/mol. The zero-order chi connectivity index (χ0) is 12.5. The van der Waals surface area contributed by atoms with Crippen LogP contribution in [0.15, 0.2) is 17.5 Å². The molecule has 0 saturated carbocycles. The van der Waals surface area contributed by atoms with Crippen LogP contribution in [0.25, 0.3) is 0 Å². The molecule has 94 valence electrons. The summed E-state index contributed by atoms with van der Waals surface area (Å²) in [5.41, 5.74) is 0. The molecule has 17 heavy (non-hydrogen) atoms. The highest BCUT2D eigenvalue weighted by atomic mass is 32.2. The lowest BCUT2D eigenvalue weighted by Crippen LogP contribution is -2.33.